The highest BCUT2D eigenvalue weighted by Gasteiger charge is 2.24. The van der Waals surface area contributed by atoms with Crippen molar-refractivity contribution < 1.29 is 24.3 Å². The highest BCUT2D eigenvalue weighted by Crippen LogP contribution is 2.06. The van der Waals surface area contributed by atoms with Crippen molar-refractivity contribution >= 4 is 0 Å². The van der Waals surface area contributed by atoms with E-state index in [1.165, 1.54) is 0 Å². The Morgan fingerprint density at radius 3 is 2.50 bits per heavy atom. The number of benzene rings is 1. The molecule has 0 spiro atoms. The number of nitrogens with one attached hydrogen (secondary N) is 1. The summed E-state index contributed by atoms with van der Waals surface area (Å²) in [5.74, 6) is 0. The Bertz CT molecular complexity index is 687. The minimum absolute atomic E-state index is 0.827. The summed E-state index contributed by atoms with van der Waals surface area (Å²) in [6, 6.07) is -4.57. The minimum Gasteiger partial charge on any atom is -0.633 e. The van der Waals surface area contributed by atoms with Gasteiger partial charge in [-0.25, -0.2) is 0 Å². The number of rotatable bonds is 2. The van der Waals surface area contributed by atoms with Crippen LogP contribution in [0.15, 0.2) is 30.2 Å². The van der Waals surface area contributed by atoms with E-state index in [1.807, 2.05) is 0 Å². The van der Waals surface area contributed by atoms with Crippen molar-refractivity contribution in [1.29, 1.82) is 0 Å². The van der Waals surface area contributed by atoms with E-state index in [0.717, 1.165) is 0 Å². The topological polar surface area (TPSA) is 53.5 Å². The summed E-state index contributed by atoms with van der Waals surface area (Å²) in [6.07, 6.45) is -2.41. The van der Waals surface area contributed by atoms with Crippen molar-refractivity contribution in [3.05, 3.63) is 41.0 Å². The van der Waals surface area contributed by atoms with Crippen molar-refractivity contribution in [3.63, 3.8) is 0 Å². The van der Waals surface area contributed by atoms with Gasteiger partial charge in [-0.05, 0) is 20.6 Å². The van der Waals surface area contributed by atoms with Gasteiger partial charge in [0.1, 0.15) is 0 Å². The van der Waals surface area contributed by atoms with Gasteiger partial charge in [0.2, 0.25) is 0 Å². The Morgan fingerprint density at radius 1 is 1.43 bits per heavy atom. The smallest absolute Gasteiger partial charge is 0.165 e. The van der Waals surface area contributed by atoms with Crippen LogP contribution in [0.3, 0.4) is 0 Å². The van der Waals surface area contributed by atoms with E-state index in [-0.39, 0.29) is 0 Å². The van der Waals surface area contributed by atoms with Crippen LogP contribution < -0.4 is 10.8 Å². The summed E-state index contributed by atoms with van der Waals surface area (Å²) in [5.41, 5.74) is 0.811. The quantitative estimate of drug-likeness (QED) is 0.558. The summed E-state index contributed by atoms with van der Waals surface area (Å²) in [4.78, 5) is 0. The summed E-state index contributed by atoms with van der Waals surface area (Å²) in [6.45, 7) is -11.6. The predicted octanol–water partition coefficient (Wildman–Crippen LogP) is 0.825. The lowest BCUT2D eigenvalue weighted by Crippen LogP contribution is -3.16. The fraction of sp³-hybridized carbons (Fsp3) is 0.455. The molecule has 1 rings (SSSR count). The normalized spacial score (nSPS) is 33.6. The van der Waals surface area contributed by atoms with Crippen LogP contribution in [0.1, 0.15) is 51.5 Å². The van der Waals surface area contributed by atoms with Crippen molar-refractivity contribution in [1.82, 2.24) is 0 Å². The molecule has 0 amide bonds. The van der Waals surface area contributed by atoms with E-state index in [0.29, 0.717) is 0 Å². The molecular weight excluding hydrogens is 176 g/mol. The Balaban J connectivity index is 3.89. The lowest BCUT2D eigenvalue weighted by molar-refractivity contribution is -0.929. The molecular formula is C11H18N2O. The number of hydrogen-bond acceptors (Lipinski definition) is 2. The second kappa shape index (κ2) is 4.09. The minimum atomic E-state index is -3.94. The first-order valence-corrected chi connectivity index (χ1v) is 3.61. The molecule has 14 heavy (non-hydrogen) atoms. The molecule has 0 aliphatic carbocycles. The zero-order valence-electron chi connectivity index (χ0n) is 21.1. The third-order valence-corrected chi connectivity index (χ3v) is 1.48. The SMILES string of the molecule is [2H]c1c([2H])c([2H])c(C(N)[NH+]([O-])C(C([2H])([2H])[2H])(C([2H])([2H])[2H])C([2H])([2H])[2H])c([2H])c1[2H]. The highest BCUT2D eigenvalue weighted by molar-refractivity contribution is 5.16. The van der Waals surface area contributed by atoms with Gasteiger partial charge in [-0.15, -0.1) is 0 Å². The van der Waals surface area contributed by atoms with E-state index >= 15 is 0 Å². The fourth-order valence-corrected chi connectivity index (χ4v) is 0.780. The van der Waals surface area contributed by atoms with Gasteiger partial charge in [0.25, 0.3) is 0 Å². The van der Waals surface area contributed by atoms with Crippen molar-refractivity contribution in [2.45, 2.75) is 32.3 Å². The van der Waals surface area contributed by atoms with Crippen molar-refractivity contribution in [2.24, 2.45) is 5.73 Å². The first kappa shape index (κ1) is 2.61. The maximum atomic E-state index is 13.0. The molecule has 1 aromatic carbocycles. The predicted molar refractivity (Wildman–Crippen MR) is 57.5 cm³/mol. The Morgan fingerprint density at radius 2 is 2.00 bits per heavy atom. The van der Waals surface area contributed by atoms with Gasteiger partial charge < -0.3 is 10.3 Å². The molecule has 3 nitrogen and oxygen atoms in total. The zero-order chi connectivity index (χ0) is 22.6. The van der Waals surface area contributed by atoms with Crippen LogP contribution in [0, 0.1) is 5.21 Å². The molecule has 0 radical (unpaired) electrons. The Kier molecular flexibility index (Phi) is 0.762. The molecule has 0 saturated heterocycles. The Hall–Kier alpha value is -0.900. The summed E-state index contributed by atoms with van der Waals surface area (Å²) < 4.78 is 106. The van der Waals surface area contributed by atoms with Gasteiger partial charge in [0, 0.05) is 17.9 Å². The summed E-state index contributed by atoms with van der Waals surface area (Å²) in [7, 11) is 0. The van der Waals surface area contributed by atoms with Crippen LogP contribution >= 0.6 is 0 Å². The molecule has 0 heterocycles. The first-order chi connectivity index (χ1) is 12.2. The van der Waals surface area contributed by atoms with E-state index in [1.54, 1.807) is 0 Å². The van der Waals surface area contributed by atoms with Crippen LogP contribution in [-0.4, -0.2) is 5.54 Å². The molecule has 0 aromatic heterocycles. The van der Waals surface area contributed by atoms with Crippen LogP contribution in [0.4, 0.5) is 0 Å². The maximum absolute atomic E-state index is 13.0. The van der Waals surface area contributed by atoms with E-state index in [2.05, 4.69) is 0 Å². The molecule has 0 saturated carbocycles. The molecule has 78 valence electrons. The second-order valence-electron chi connectivity index (χ2n) is 2.63. The monoisotopic (exact) mass is 208 g/mol. The van der Waals surface area contributed by atoms with Crippen LogP contribution in [0.5, 0.6) is 0 Å². The molecule has 0 fully saturated rings. The van der Waals surface area contributed by atoms with Crippen LogP contribution in [0.25, 0.3) is 0 Å². The number of hydroxylamine groups is 2. The molecule has 0 aliphatic rings. The molecule has 0 bridgehead atoms. The van der Waals surface area contributed by atoms with Crippen LogP contribution in [-0.2, 0) is 0 Å². The fourth-order valence-electron chi connectivity index (χ4n) is 0.780. The summed E-state index contributed by atoms with van der Waals surface area (Å²) in [5, 5.41) is 11.0. The second-order valence-corrected chi connectivity index (χ2v) is 2.63. The largest absolute Gasteiger partial charge is 0.633 e. The average molecular weight is 208 g/mol. The molecule has 2 unspecified atom stereocenters. The lowest BCUT2D eigenvalue weighted by atomic mass is 10.1. The van der Waals surface area contributed by atoms with Gasteiger partial charge in [-0.1, -0.05) is 30.2 Å². The van der Waals surface area contributed by atoms with E-state index < -0.39 is 73.1 Å². The number of quaternary nitrogens is 1. The Labute approximate surface area is 105 Å². The van der Waals surface area contributed by atoms with Gasteiger partial charge in [-0.2, -0.15) is 0 Å². The number of nitrogens with two attached hydrogens (primary N) is 1. The van der Waals surface area contributed by atoms with Crippen molar-refractivity contribution in [3.8, 4) is 0 Å². The van der Waals surface area contributed by atoms with Gasteiger partial charge in [-0.3, -0.25) is 5.73 Å². The number of hydrogen-bond donors (Lipinski definition) is 2. The molecule has 2 atom stereocenters. The van der Waals surface area contributed by atoms with Gasteiger partial charge >= 0.3 is 0 Å². The lowest BCUT2D eigenvalue weighted by Gasteiger charge is -2.39. The molecule has 3 heteroatoms. The highest BCUT2D eigenvalue weighted by atomic mass is 16.5. The van der Waals surface area contributed by atoms with Crippen molar-refractivity contribution in [2.75, 3.05) is 0 Å². The summed E-state index contributed by atoms with van der Waals surface area (Å²) >= 11 is 0. The molecule has 1 aromatic rings. The van der Waals surface area contributed by atoms with Gasteiger partial charge in [0.05, 0.1) is 12.4 Å². The first-order valence-electron chi connectivity index (χ1n) is 10.6. The van der Waals surface area contributed by atoms with E-state index in [4.69, 9.17) is 24.9 Å². The zero-order valence-corrected chi connectivity index (χ0v) is 7.06. The van der Waals surface area contributed by atoms with Crippen LogP contribution in [0.2, 0.25) is 0 Å². The third-order valence-electron chi connectivity index (χ3n) is 1.48. The maximum Gasteiger partial charge on any atom is 0.165 e. The van der Waals surface area contributed by atoms with Gasteiger partial charge in [0.15, 0.2) is 6.17 Å². The third kappa shape index (κ3) is 2.54. The standard InChI is InChI=1S/C11H18N2O/c1-11(2,3)13(14)10(12)9-7-5-4-6-8-9/h4-8,10,13H,12H2,1-3H3/i1D3,2D3,3D3,4D,5D,6D,7D,8D. The average Bonchev–Trinajstić information content (AvgIpc) is 2.47. The molecule has 3 N–H and O–H groups in total. The van der Waals surface area contributed by atoms with E-state index in [9.17, 15) is 5.21 Å². The molecule has 0 aliphatic heterocycles.